The summed E-state index contributed by atoms with van der Waals surface area (Å²) in [4.78, 5) is 17.0. The molecule has 2 heterocycles. The molecule has 0 bridgehead atoms. The van der Waals surface area contributed by atoms with Crippen LogP contribution in [0.5, 0.6) is 5.75 Å². The zero-order valence-corrected chi connectivity index (χ0v) is 13.1. The number of ether oxygens (including phenoxy) is 1. The van der Waals surface area contributed by atoms with Gasteiger partial charge in [0.15, 0.2) is 11.6 Å². The molecule has 1 saturated carbocycles. The summed E-state index contributed by atoms with van der Waals surface area (Å²) in [5.74, 6) is 1.86. The van der Waals surface area contributed by atoms with E-state index in [9.17, 15) is 4.39 Å². The summed E-state index contributed by atoms with van der Waals surface area (Å²) >= 11 is 0. The molecule has 24 heavy (non-hydrogen) atoms. The van der Waals surface area contributed by atoms with Crippen LogP contribution < -0.4 is 4.74 Å². The molecule has 0 saturated heterocycles. The van der Waals surface area contributed by atoms with Crippen LogP contribution in [-0.2, 0) is 0 Å². The Kier molecular flexibility index (Phi) is 3.65. The number of aromatic nitrogens is 4. The zero-order chi connectivity index (χ0) is 16.5. The molecule has 1 fully saturated rings. The average Bonchev–Trinajstić information content (AvgIpc) is 3.43. The summed E-state index contributed by atoms with van der Waals surface area (Å²) in [6.45, 7) is 0. The van der Waals surface area contributed by atoms with Crippen LogP contribution in [0.15, 0.2) is 49.1 Å². The topological polar surface area (TPSA) is 60.8 Å². The molecule has 0 N–H and O–H groups in total. The molecule has 1 aliphatic carbocycles. The summed E-state index contributed by atoms with van der Waals surface area (Å²) in [7, 11) is 1.54. The number of hydrogen-bond donors (Lipinski definition) is 0. The van der Waals surface area contributed by atoms with Crippen LogP contribution in [0.4, 0.5) is 4.39 Å². The summed E-state index contributed by atoms with van der Waals surface area (Å²) in [6, 6.07) is 6.60. The predicted molar refractivity (Wildman–Crippen MR) is 86.1 cm³/mol. The number of benzene rings is 1. The van der Waals surface area contributed by atoms with Crippen molar-refractivity contribution >= 4 is 0 Å². The second-order valence-electron chi connectivity index (χ2n) is 5.79. The van der Waals surface area contributed by atoms with Gasteiger partial charge in [-0.25, -0.2) is 24.3 Å². The molecule has 4 rings (SSSR count). The van der Waals surface area contributed by atoms with Crippen molar-refractivity contribution in [3.63, 3.8) is 0 Å². The Morgan fingerprint density at radius 3 is 2.29 bits per heavy atom. The van der Waals surface area contributed by atoms with E-state index in [-0.39, 0.29) is 11.7 Å². The van der Waals surface area contributed by atoms with Gasteiger partial charge in [-0.05, 0) is 47.6 Å². The molecule has 5 nitrogen and oxygen atoms in total. The highest BCUT2D eigenvalue weighted by Gasteiger charge is 2.40. The number of halogens is 1. The molecule has 0 spiro atoms. The molecule has 3 aromatic rings. The third kappa shape index (κ3) is 2.82. The van der Waals surface area contributed by atoms with Gasteiger partial charge in [-0.3, -0.25) is 0 Å². The number of rotatable bonds is 4. The van der Waals surface area contributed by atoms with Gasteiger partial charge in [-0.15, -0.1) is 0 Å². The van der Waals surface area contributed by atoms with E-state index >= 15 is 0 Å². The third-order valence-electron chi connectivity index (χ3n) is 4.21. The minimum atomic E-state index is -0.275. The van der Waals surface area contributed by atoms with Gasteiger partial charge in [0.25, 0.3) is 0 Å². The van der Waals surface area contributed by atoms with E-state index in [2.05, 4.69) is 19.9 Å². The molecule has 0 amide bonds. The van der Waals surface area contributed by atoms with E-state index in [1.165, 1.54) is 6.07 Å². The van der Waals surface area contributed by atoms with Crippen LogP contribution in [0.3, 0.4) is 0 Å². The second-order valence-corrected chi connectivity index (χ2v) is 5.79. The monoisotopic (exact) mass is 322 g/mol. The molecule has 1 aromatic carbocycles. The van der Waals surface area contributed by atoms with E-state index in [0.717, 1.165) is 17.5 Å². The zero-order valence-electron chi connectivity index (χ0n) is 13.1. The standard InChI is InChI=1S/C18H15FN4O/c1-24-14-6-11(5-13(19)7-14)15-8-16(15)12-9-22-18(23-10-12)17-20-3-2-4-21-17/h2-7,9-10,15-16H,8H2,1H3/t15-,16-/m0/s1. The molecular formula is C18H15FN4O. The Morgan fingerprint density at radius 1 is 0.917 bits per heavy atom. The van der Waals surface area contributed by atoms with Crippen molar-refractivity contribution in [2.75, 3.05) is 7.11 Å². The molecule has 6 heteroatoms. The highest BCUT2D eigenvalue weighted by atomic mass is 19.1. The first-order valence-corrected chi connectivity index (χ1v) is 7.68. The lowest BCUT2D eigenvalue weighted by molar-refractivity contribution is 0.410. The maximum absolute atomic E-state index is 13.7. The smallest absolute Gasteiger partial charge is 0.197 e. The van der Waals surface area contributed by atoms with Gasteiger partial charge in [0.1, 0.15) is 11.6 Å². The fourth-order valence-electron chi connectivity index (χ4n) is 2.91. The van der Waals surface area contributed by atoms with E-state index in [1.807, 2.05) is 6.07 Å². The highest BCUT2D eigenvalue weighted by molar-refractivity contribution is 5.43. The molecule has 2 atom stereocenters. The first kappa shape index (κ1) is 14.7. The van der Waals surface area contributed by atoms with Crippen molar-refractivity contribution in [2.24, 2.45) is 0 Å². The normalized spacial score (nSPS) is 19.1. The molecular weight excluding hydrogens is 307 g/mol. The van der Waals surface area contributed by atoms with Gasteiger partial charge in [0, 0.05) is 30.9 Å². The minimum Gasteiger partial charge on any atom is -0.497 e. The van der Waals surface area contributed by atoms with E-state index in [0.29, 0.717) is 23.3 Å². The van der Waals surface area contributed by atoms with Gasteiger partial charge in [-0.1, -0.05) is 0 Å². The van der Waals surface area contributed by atoms with E-state index in [4.69, 9.17) is 4.74 Å². The van der Waals surface area contributed by atoms with Crippen LogP contribution in [0.25, 0.3) is 11.6 Å². The SMILES string of the molecule is COc1cc(F)cc([C@@H]2C[C@H]2c2cnc(-c3ncccn3)nc2)c1. The summed E-state index contributed by atoms with van der Waals surface area (Å²) in [6.07, 6.45) is 7.89. The van der Waals surface area contributed by atoms with Crippen molar-refractivity contribution in [1.29, 1.82) is 0 Å². The maximum Gasteiger partial charge on any atom is 0.197 e. The fourth-order valence-corrected chi connectivity index (χ4v) is 2.91. The third-order valence-corrected chi connectivity index (χ3v) is 4.21. The summed E-state index contributed by atoms with van der Waals surface area (Å²) < 4.78 is 18.8. The summed E-state index contributed by atoms with van der Waals surface area (Å²) in [5.41, 5.74) is 2.00. The molecule has 0 unspecified atom stereocenters. The Labute approximate surface area is 138 Å². The first-order chi connectivity index (χ1) is 11.7. The lowest BCUT2D eigenvalue weighted by Gasteiger charge is -2.05. The van der Waals surface area contributed by atoms with Crippen molar-refractivity contribution in [1.82, 2.24) is 19.9 Å². The molecule has 1 aliphatic rings. The quantitative estimate of drug-likeness (QED) is 0.737. The van der Waals surface area contributed by atoms with Crippen LogP contribution in [0.1, 0.15) is 29.4 Å². The van der Waals surface area contributed by atoms with Crippen LogP contribution >= 0.6 is 0 Å². The summed E-state index contributed by atoms with van der Waals surface area (Å²) in [5, 5.41) is 0. The minimum absolute atomic E-state index is 0.275. The lowest BCUT2D eigenvalue weighted by Crippen LogP contribution is -1.96. The van der Waals surface area contributed by atoms with Crippen molar-refractivity contribution in [3.8, 4) is 17.4 Å². The maximum atomic E-state index is 13.7. The van der Waals surface area contributed by atoms with Crippen molar-refractivity contribution in [3.05, 3.63) is 66.0 Å². The first-order valence-electron chi connectivity index (χ1n) is 7.68. The lowest BCUT2D eigenvalue weighted by atomic mass is 10.1. The molecule has 120 valence electrons. The number of methoxy groups -OCH3 is 1. The van der Waals surface area contributed by atoms with E-state index < -0.39 is 0 Å². The predicted octanol–water partition coefficient (Wildman–Crippen LogP) is 3.35. The van der Waals surface area contributed by atoms with Gasteiger partial charge in [-0.2, -0.15) is 0 Å². The molecule has 0 aliphatic heterocycles. The Morgan fingerprint density at radius 2 is 1.58 bits per heavy atom. The Balaban J connectivity index is 1.53. The van der Waals surface area contributed by atoms with Gasteiger partial charge >= 0.3 is 0 Å². The second kappa shape index (κ2) is 5.96. The van der Waals surface area contributed by atoms with Gasteiger partial charge in [0.05, 0.1) is 7.11 Å². The highest BCUT2D eigenvalue weighted by Crippen LogP contribution is 2.54. The van der Waals surface area contributed by atoms with Crippen molar-refractivity contribution < 1.29 is 9.13 Å². The molecule has 0 radical (unpaired) electrons. The van der Waals surface area contributed by atoms with Crippen LogP contribution in [0, 0.1) is 5.82 Å². The molecule has 2 aromatic heterocycles. The largest absolute Gasteiger partial charge is 0.497 e. The van der Waals surface area contributed by atoms with Crippen LogP contribution in [0.2, 0.25) is 0 Å². The fraction of sp³-hybridized carbons (Fsp3) is 0.222. The van der Waals surface area contributed by atoms with E-state index in [1.54, 1.807) is 44.0 Å². The number of nitrogens with zero attached hydrogens (tertiary/aromatic N) is 4. The van der Waals surface area contributed by atoms with Gasteiger partial charge in [0.2, 0.25) is 0 Å². The average molecular weight is 322 g/mol. The van der Waals surface area contributed by atoms with Crippen molar-refractivity contribution in [2.45, 2.75) is 18.3 Å². The Hall–Kier alpha value is -2.89. The number of hydrogen-bond acceptors (Lipinski definition) is 5. The van der Waals surface area contributed by atoms with Gasteiger partial charge < -0.3 is 4.74 Å². The Bertz CT molecular complexity index is 855. The van der Waals surface area contributed by atoms with Crippen LogP contribution in [-0.4, -0.2) is 27.0 Å².